The minimum Gasteiger partial charge on any atom is -0.393 e. The van der Waals surface area contributed by atoms with Gasteiger partial charge >= 0.3 is 0 Å². The average molecular weight is 217 g/mol. The van der Waals surface area contributed by atoms with Crippen molar-refractivity contribution in [2.45, 2.75) is 24.7 Å². The van der Waals surface area contributed by atoms with E-state index in [0.29, 0.717) is 39.3 Å². The van der Waals surface area contributed by atoms with Gasteiger partial charge in [-0.2, -0.15) is 0 Å². The fourth-order valence-corrected chi connectivity index (χ4v) is 2.29. The van der Waals surface area contributed by atoms with Gasteiger partial charge in [-0.1, -0.05) is 0 Å². The molecule has 2 aliphatic heterocycles. The van der Waals surface area contributed by atoms with Gasteiger partial charge in [-0.15, -0.1) is 0 Å². The average Bonchev–Trinajstić information content (AvgIpc) is 2.50. The molecule has 4 atom stereocenters. The van der Waals surface area contributed by atoms with Gasteiger partial charge in [-0.05, 0) is 6.42 Å². The van der Waals surface area contributed by atoms with Gasteiger partial charge < -0.3 is 20.1 Å². The molecule has 2 saturated heterocycles. The molecule has 3 N–H and O–H groups in total. The van der Waals surface area contributed by atoms with Crippen LogP contribution in [0, 0.1) is 5.92 Å². The van der Waals surface area contributed by atoms with Gasteiger partial charge in [0.15, 0.2) is 0 Å². The summed E-state index contributed by atoms with van der Waals surface area (Å²) in [4.78, 5) is 1.98. The quantitative estimate of drug-likeness (QED) is 0.521. The minimum atomic E-state index is -0.647. The van der Waals surface area contributed by atoms with E-state index in [2.05, 4.69) is 0 Å². The second-order valence-corrected chi connectivity index (χ2v) is 4.54. The van der Waals surface area contributed by atoms with Gasteiger partial charge in [0.05, 0.1) is 24.9 Å². The van der Waals surface area contributed by atoms with Gasteiger partial charge in [0.25, 0.3) is 0 Å². The number of hydrogen-bond acceptors (Lipinski definition) is 5. The molecular weight excluding hydrogens is 198 g/mol. The van der Waals surface area contributed by atoms with Crippen molar-refractivity contribution in [3.63, 3.8) is 0 Å². The Kier molecular flexibility index (Phi) is 3.58. The Morgan fingerprint density at radius 3 is 2.33 bits per heavy atom. The van der Waals surface area contributed by atoms with E-state index in [1.807, 2.05) is 4.90 Å². The second-order valence-electron chi connectivity index (χ2n) is 4.54. The molecule has 0 aromatic carbocycles. The molecule has 2 heterocycles. The van der Waals surface area contributed by atoms with Crippen LogP contribution < -0.4 is 0 Å². The molecule has 0 radical (unpaired) electrons. The summed E-state index contributed by atoms with van der Waals surface area (Å²) in [5.74, 6) is 0.108. The molecule has 0 saturated carbocycles. The first-order valence-electron chi connectivity index (χ1n) is 5.51. The maximum absolute atomic E-state index is 9.73. The Balaban J connectivity index is 1.81. The number of aliphatic hydroxyl groups is 3. The fraction of sp³-hybridized carbons (Fsp3) is 1.00. The molecule has 15 heavy (non-hydrogen) atoms. The van der Waals surface area contributed by atoms with E-state index < -0.39 is 12.2 Å². The first kappa shape index (κ1) is 11.3. The first-order chi connectivity index (χ1) is 7.16. The predicted octanol–water partition coefficient (Wildman–Crippen LogP) is -1.58. The van der Waals surface area contributed by atoms with Crippen molar-refractivity contribution in [3.8, 4) is 0 Å². The third-order valence-electron chi connectivity index (χ3n) is 3.26. The van der Waals surface area contributed by atoms with Crippen LogP contribution >= 0.6 is 0 Å². The summed E-state index contributed by atoms with van der Waals surface area (Å²) in [5.41, 5.74) is 0. The summed E-state index contributed by atoms with van der Waals surface area (Å²) in [6, 6.07) is 0. The van der Waals surface area contributed by atoms with Crippen LogP contribution in [0.3, 0.4) is 0 Å². The molecular formula is C10H19NO4. The fourth-order valence-electron chi connectivity index (χ4n) is 2.29. The lowest BCUT2D eigenvalue weighted by molar-refractivity contribution is -0.0456. The molecule has 4 unspecified atom stereocenters. The number of ether oxygens (including phenoxy) is 1. The highest BCUT2D eigenvalue weighted by Crippen LogP contribution is 2.19. The molecule has 0 bridgehead atoms. The lowest BCUT2D eigenvalue weighted by atomic mass is 9.98. The van der Waals surface area contributed by atoms with E-state index >= 15 is 0 Å². The summed E-state index contributed by atoms with van der Waals surface area (Å²) in [5, 5.41) is 28.5. The third-order valence-corrected chi connectivity index (χ3v) is 3.26. The van der Waals surface area contributed by atoms with Crippen LogP contribution in [0.25, 0.3) is 0 Å². The van der Waals surface area contributed by atoms with E-state index in [4.69, 9.17) is 4.74 Å². The highest BCUT2D eigenvalue weighted by Gasteiger charge is 2.33. The SMILES string of the molecule is OC1CN(CC2COCCC2O)CC1O. The molecule has 2 aliphatic rings. The number of rotatable bonds is 2. The Bertz CT molecular complexity index is 204. The first-order valence-corrected chi connectivity index (χ1v) is 5.51. The van der Waals surface area contributed by atoms with Crippen molar-refractivity contribution in [1.82, 2.24) is 4.90 Å². The molecule has 0 aliphatic carbocycles. The molecule has 2 fully saturated rings. The summed E-state index contributed by atoms with van der Waals surface area (Å²) >= 11 is 0. The molecule has 2 rings (SSSR count). The van der Waals surface area contributed by atoms with E-state index in [9.17, 15) is 15.3 Å². The van der Waals surface area contributed by atoms with Gasteiger partial charge in [-0.25, -0.2) is 0 Å². The van der Waals surface area contributed by atoms with E-state index in [0.717, 1.165) is 0 Å². The van der Waals surface area contributed by atoms with Crippen molar-refractivity contribution in [2.24, 2.45) is 5.92 Å². The molecule has 0 spiro atoms. The second kappa shape index (κ2) is 4.76. The predicted molar refractivity (Wildman–Crippen MR) is 53.4 cm³/mol. The van der Waals surface area contributed by atoms with Crippen molar-refractivity contribution in [2.75, 3.05) is 32.8 Å². The monoisotopic (exact) mass is 217 g/mol. The number of hydrogen-bond donors (Lipinski definition) is 3. The van der Waals surface area contributed by atoms with Crippen molar-refractivity contribution in [3.05, 3.63) is 0 Å². The zero-order valence-corrected chi connectivity index (χ0v) is 8.75. The Morgan fingerprint density at radius 1 is 1.07 bits per heavy atom. The molecule has 0 aromatic heterocycles. The van der Waals surface area contributed by atoms with Crippen molar-refractivity contribution < 1.29 is 20.1 Å². The standard InChI is InChI=1S/C10H19NO4/c12-8-1-2-15-6-7(8)3-11-4-9(13)10(14)5-11/h7-10,12-14H,1-6H2. The normalized spacial score (nSPS) is 43.4. The lowest BCUT2D eigenvalue weighted by Gasteiger charge is -2.30. The van der Waals surface area contributed by atoms with E-state index in [1.54, 1.807) is 0 Å². The van der Waals surface area contributed by atoms with Gasteiger partial charge in [0.2, 0.25) is 0 Å². The Labute approximate surface area is 89.3 Å². The zero-order chi connectivity index (χ0) is 10.8. The van der Waals surface area contributed by atoms with Crippen LogP contribution in [0.1, 0.15) is 6.42 Å². The van der Waals surface area contributed by atoms with Crippen LogP contribution in [-0.4, -0.2) is 71.4 Å². The van der Waals surface area contributed by atoms with Crippen molar-refractivity contribution >= 4 is 0 Å². The van der Waals surface area contributed by atoms with Gasteiger partial charge in [-0.3, -0.25) is 4.90 Å². The largest absolute Gasteiger partial charge is 0.393 e. The van der Waals surface area contributed by atoms with Crippen molar-refractivity contribution in [1.29, 1.82) is 0 Å². The number of β-amino-alcohol motifs (C(OH)–C–C–N with tert-alkyl or cyclic N) is 2. The molecule has 5 heteroatoms. The van der Waals surface area contributed by atoms with Crippen LogP contribution in [-0.2, 0) is 4.74 Å². The topological polar surface area (TPSA) is 73.2 Å². The summed E-state index contributed by atoms with van der Waals surface area (Å²) in [7, 11) is 0. The highest BCUT2D eigenvalue weighted by atomic mass is 16.5. The van der Waals surface area contributed by atoms with Gasteiger partial charge in [0, 0.05) is 32.2 Å². The van der Waals surface area contributed by atoms with Crippen LogP contribution in [0.4, 0.5) is 0 Å². The summed E-state index contributed by atoms with van der Waals surface area (Å²) < 4.78 is 5.30. The van der Waals surface area contributed by atoms with E-state index in [-0.39, 0.29) is 12.0 Å². The maximum atomic E-state index is 9.73. The van der Waals surface area contributed by atoms with Crippen LogP contribution in [0.5, 0.6) is 0 Å². The Hall–Kier alpha value is -0.200. The maximum Gasteiger partial charge on any atom is 0.0938 e. The number of nitrogens with zero attached hydrogens (tertiary/aromatic N) is 1. The molecule has 5 nitrogen and oxygen atoms in total. The lowest BCUT2D eigenvalue weighted by Crippen LogP contribution is -2.40. The molecule has 88 valence electrons. The third kappa shape index (κ3) is 2.68. The highest BCUT2D eigenvalue weighted by molar-refractivity contribution is 4.86. The van der Waals surface area contributed by atoms with Crippen LogP contribution in [0.15, 0.2) is 0 Å². The molecule has 0 aromatic rings. The van der Waals surface area contributed by atoms with Crippen LogP contribution in [0.2, 0.25) is 0 Å². The summed E-state index contributed by atoms with van der Waals surface area (Å²) in [6.45, 7) is 2.87. The van der Waals surface area contributed by atoms with E-state index in [1.165, 1.54) is 0 Å². The number of aliphatic hydroxyl groups excluding tert-OH is 3. The number of likely N-dealkylation sites (tertiary alicyclic amines) is 1. The minimum absolute atomic E-state index is 0.108. The molecule has 0 amide bonds. The zero-order valence-electron chi connectivity index (χ0n) is 8.75. The smallest absolute Gasteiger partial charge is 0.0938 e. The van der Waals surface area contributed by atoms with Gasteiger partial charge in [0.1, 0.15) is 0 Å². The summed E-state index contributed by atoms with van der Waals surface area (Å²) in [6.07, 6.45) is -0.921. The Morgan fingerprint density at radius 2 is 1.73 bits per heavy atom.